The molecule has 10 nitrogen and oxygen atoms in total. The Labute approximate surface area is 267 Å². The van der Waals surface area contributed by atoms with Crippen LogP contribution in [0, 0.1) is 0 Å². The van der Waals surface area contributed by atoms with Gasteiger partial charge < -0.3 is 19.5 Å². The van der Waals surface area contributed by atoms with Crippen LogP contribution in [-0.4, -0.2) is 54.7 Å². The zero-order chi connectivity index (χ0) is 32.3. The van der Waals surface area contributed by atoms with Gasteiger partial charge in [-0.25, -0.2) is 18.1 Å². The van der Waals surface area contributed by atoms with Crippen LogP contribution < -0.4 is 19.7 Å². The minimum absolute atomic E-state index is 0.160. The second kappa shape index (κ2) is 11.5. The molecule has 2 saturated carbocycles. The summed E-state index contributed by atoms with van der Waals surface area (Å²) in [6.07, 6.45) is -0.222. The molecule has 244 valence electrons. The lowest BCUT2D eigenvalue weighted by atomic mass is 10.0. The van der Waals surface area contributed by atoms with Crippen LogP contribution in [0.15, 0.2) is 47.0 Å². The number of para-hydroxylation sites is 1. The van der Waals surface area contributed by atoms with Crippen LogP contribution in [0.2, 0.25) is 0 Å². The molecular formula is C31H32F3N5O5S2. The van der Waals surface area contributed by atoms with E-state index in [0.29, 0.717) is 30.8 Å². The third-order valence-electron chi connectivity index (χ3n) is 8.94. The lowest BCUT2D eigenvalue weighted by molar-refractivity contribution is -0.274. The lowest BCUT2D eigenvalue weighted by Gasteiger charge is -2.32. The van der Waals surface area contributed by atoms with Crippen molar-refractivity contribution in [1.82, 2.24) is 20.2 Å². The fourth-order valence-corrected chi connectivity index (χ4v) is 8.01. The number of piperidine rings is 1. The molecule has 0 atom stereocenters. The van der Waals surface area contributed by atoms with E-state index in [0.717, 1.165) is 59.7 Å². The maximum atomic E-state index is 13.1. The van der Waals surface area contributed by atoms with Crippen molar-refractivity contribution in [3.63, 3.8) is 0 Å². The summed E-state index contributed by atoms with van der Waals surface area (Å²) in [5, 5.41) is 8.59. The van der Waals surface area contributed by atoms with Crippen molar-refractivity contribution in [2.45, 2.75) is 75.1 Å². The summed E-state index contributed by atoms with van der Waals surface area (Å²) >= 11 is 1.45. The van der Waals surface area contributed by atoms with Gasteiger partial charge in [0.1, 0.15) is 17.2 Å². The van der Waals surface area contributed by atoms with Crippen molar-refractivity contribution >= 4 is 42.6 Å². The van der Waals surface area contributed by atoms with Crippen molar-refractivity contribution in [2.75, 3.05) is 18.0 Å². The van der Waals surface area contributed by atoms with E-state index in [4.69, 9.17) is 9.51 Å². The van der Waals surface area contributed by atoms with Crippen LogP contribution in [-0.2, 0) is 16.6 Å². The van der Waals surface area contributed by atoms with Gasteiger partial charge in [0.15, 0.2) is 5.13 Å². The van der Waals surface area contributed by atoms with Gasteiger partial charge >= 0.3 is 6.36 Å². The molecule has 15 heteroatoms. The Morgan fingerprint density at radius 2 is 1.87 bits per heavy atom. The molecule has 7 rings (SSSR count). The Hall–Kier alpha value is -3.69. The topological polar surface area (TPSA) is 127 Å². The molecule has 2 aliphatic carbocycles. The molecule has 3 aliphatic rings. The molecule has 2 aromatic carbocycles. The van der Waals surface area contributed by atoms with E-state index >= 15 is 0 Å². The number of fused-ring (bicyclic) bond motifs is 1. The number of carbonyl (C=O) groups excluding carboxylic acids is 1. The number of hydrogen-bond donors (Lipinski definition) is 2. The molecule has 1 amide bonds. The molecular weight excluding hydrogens is 643 g/mol. The van der Waals surface area contributed by atoms with Gasteiger partial charge in [0.05, 0.1) is 15.0 Å². The zero-order valence-corrected chi connectivity index (χ0v) is 26.5. The second-order valence-electron chi connectivity index (χ2n) is 12.4. The number of halogens is 3. The molecule has 3 fully saturated rings. The Bertz CT molecular complexity index is 1890. The number of ether oxygens (including phenoxy) is 1. The highest BCUT2D eigenvalue weighted by Gasteiger charge is 2.51. The van der Waals surface area contributed by atoms with E-state index in [9.17, 15) is 26.4 Å². The van der Waals surface area contributed by atoms with Crippen LogP contribution in [0.3, 0.4) is 0 Å². The van der Waals surface area contributed by atoms with Crippen molar-refractivity contribution < 1.29 is 35.6 Å². The average Bonchev–Trinajstić information content (AvgIpc) is 3.92. The first kappa shape index (κ1) is 30.9. The van der Waals surface area contributed by atoms with Crippen molar-refractivity contribution in [1.29, 1.82) is 0 Å². The largest absolute Gasteiger partial charge is 0.573 e. The highest BCUT2D eigenvalue weighted by atomic mass is 32.2. The molecule has 0 bridgehead atoms. The van der Waals surface area contributed by atoms with Gasteiger partial charge in [-0.2, -0.15) is 0 Å². The number of sulfonamides is 1. The summed E-state index contributed by atoms with van der Waals surface area (Å²) in [6, 6.07) is 11.1. The number of amides is 1. The average molecular weight is 676 g/mol. The molecule has 2 N–H and O–H groups in total. The molecule has 1 aliphatic heterocycles. The van der Waals surface area contributed by atoms with Crippen LogP contribution in [0.5, 0.6) is 5.75 Å². The van der Waals surface area contributed by atoms with Gasteiger partial charge in [0.2, 0.25) is 10.0 Å². The Balaban J connectivity index is 1.00. The van der Waals surface area contributed by atoms with E-state index in [1.54, 1.807) is 37.3 Å². The molecule has 4 aromatic rings. The zero-order valence-electron chi connectivity index (χ0n) is 24.9. The van der Waals surface area contributed by atoms with E-state index in [1.165, 1.54) is 23.5 Å². The minimum atomic E-state index is -4.83. The molecule has 3 heterocycles. The molecule has 0 spiro atoms. The van der Waals surface area contributed by atoms with Gasteiger partial charge in [-0.15, -0.1) is 13.2 Å². The minimum Gasteiger partial charge on any atom is -0.405 e. The highest BCUT2D eigenvalue weighted by molar-refractivity contribution is 7.91. The SMILES string of the molecule is CC1(S(=O)(=O)NC(=O)c2ccc3nc(N4CCC(NCc5c(-c6ccccc6OC(F)(F)F)noc5C5CC5)CC4)sc3c2)CC1. The number of nitrogens with zero attached hydrogens (tertiary/aromatic N) is 3. The van der Waals surface area contributed by atoms with E-state index in [1.807, 2.05) is 0 Å². The van der Waals surface area contributed by atoms with Crippen LogP contribution in [0.25, 0.3) is 21.5 Å². The number of alkyl halides is 3. The maximum Gasteiger partial charge on any atom is 0.573 e. The summed E-state index contributed by atoms with van der Waals surface area (Å²) in [4.78, 5) is 19.7. The Morgan fingerprint density at radius 1 is 1.13 bits per heavy atom. The highest BCUT2D eigenvalue weighted by Crippen LogP contribution is 2.46. The third kappa shape index (κ3) is 6.32. The van der Waals surface area contributed by atoms with Crippen LogP contribution in [0.4, 0.5) is 18.3 Å². The van der Waals surface area contributed by atoms with Gasteiger partial charge in [0, 0.05) is 48.3 Å². The summed E-state index contributed by atoms with van der Waals surface area (Å²) in [5.74, 6) is -0.0359. The van der Waals surface area contributed by atoms with Gasteiger partial charge in [-0.1, -0.05) is 28.6 Å². The smallest absolute Gasteiger partial charge is 0.405 e. The predicted octanol–water partition coefficient (Wildman–Crippen LogP) is 6.10. The molecule has 0 unspecified atom stereocenters. The van der Waals surface area contributed by atoms with Gasteiger partial charge in [0.25, 0.3) is 5.91 Å². The van der Waals surface area contributed by atoms with E-state index in [-0.39, 0.29) is 28.8 Å². The van der Waals surface area contributed by atoms with Gasteiger partial charge in [-0.3, -0.25) is 4.79 Å². The number of nitrogens with one attached hydrogen (secondary N) is 2. The predicted molar refractivity (Wildman–Crippen MR) is 166 cm³/mol. The molecule has 1 saturated heterocycles. The Kier molecular flexibility index (Phi) is 7.75. The number of carbonyl (C=O) groups is 1. The van der Waals surface area contributed by atoms with Crippen molar-refractivity contribution in [3.05, 3.63) is 59.4 Å². The van der Waals surface area contributed by atoms with E-state index in [2.05, 4.69) is 24.8 Å². The molecule has 2 aromatic heterocycles. The lowest BCUT2D eigenvalue weighted by Crippen LogP contribution is -2.42. The van der Waals surface area contributed by atoms with Crippen molar-refractivity contribution in [2.24, 2.45) is 0 Å². The monoisotopic (exact) mass is 675 g/mol. The number of aromatic nitrogens is 2. The number of hydrogen-bond acceptors (Lipinski definition) is 10. The summed E-state index contributed by atoms with van der Waals surface area (Å²) in [7, 11) is -3.73. The van der Waals surface area contributed by atoms with Gasteiger partial charge in [-0.05, 0) is 75.8 Å². The second-order valence-corrected chi connectivity index (χ2v) is 15.6. The third-order valence-corrected chi connectivity index (χ3v) is 12.2. The Morgan fingerprint density at radius 3 is 2.57 bits per heavy atom. The summed E-state index contributed by atoms with van der Waals surface area (Å²) in [6.45, 7) is 3.50. The quantitative estimate of drug-likeness (QED) is 0.205. The normalized spacial score (nSPS) is 18.6. The fraction of sp³-hybridized carbons (Fsp3) is 0.452. The number of anilines is 1. The summed E-state index contributed by atoms with van der Waals surface area (Å²) in [5.41, 5.74) is 2.35. The maximum absolute atomic E-state index is 13.1. The molecule has 46 heavy (non-hydrogen) atoms. The summed E-state index contributed by atoms with van der Waals surface area (Å²) < 4.78 is 76.4. The van der Waals surface area contributed by atoms with Crippen LogP contribution >= 0.6 is 11.3 Å². The first-order valence-electron chi connectivity index (χ1n) is 15.2. The van der Waals surface area contributed by atoms with Crippen molar-refractivity contribution in [3.8, 4) is 17.0 Å². The first-order valence-corrected chi connectivity index (χ1v) is 17.5. The number of rotatable bonds is 10. The fourth-order valence-electron chi connectivity index (χ4n) is 5.71. The first-order chi connectivity index (χ1) is 21.9. The van der Waals surface area contributed by atoms with Crippen LogP contribution in [0.1, 0.15) is 73.0 Å². The van der Waals surface area contributed by atoms with E-state index < -0.39 is 27.0 Å². The number of benzene rings is 2. The standard InChI is InChI=1S/C31H32F3N5O5S2/c1-30(12-13-30)46(41,42)38-28(40)19-8-9-23-25(16-19)45-29(36-23)39-14-10-20(11-15-39)35-17-22-26(37-44-27(22)18-6-7-18)21-4-2-3-5-24(21)43-31(32,33)34/h2-5,8-9,16,18,20,35H,6-7,10-15,17H2,1H3,(H,38,40). The number of thiazole rings is 1. The molecule has 0 radical (unpaired) electrons.